The molecule has 0 heterocycles. The normalized spacial score (nSPS) is 16.6. The molecule has 1 aliphatic carbocycles. The van der Waals surface area contributed by atoms with E-state index in [9.17, 15) is 4.79 Å². The molecule has 3 N–H and O–H groups in total. The number of carbonyl (C=O) groups excluding carboxylic acids is 1. The zero-order valence-electron chi connectivity index (χ0n) is 9.63. The molecule has 1 aliphatic rings. The highest BCUT2D eigenvalue weighted by Crippen LogP contribution is 2.31. The average molecular weight is 275 g/mol. The Bertz CT molecular complexity index is 431. The number of anilines is 1. The molecule has 1 aromatic carbocycles. The van der Waals surface area contributed by atoms with Crippen LogP contribution in [0.1, 0.15) is 24.8 Å². The van der Waals surface area contributed by atoms with Gasteiger partial charge in [0.2, 0.25) is 5.91 Å². The van der Waals surface area contributed by atoms with Crippen LogP contribution in [-0.4, -0.2) is 11.4 Å². The Morgan fingerprint density at radius 3 is 2.65 bits per heavy atom. The second-order valence-electron chi connectivity index (χ2n) is 4.42. The molecule has 17 heavy (non-hydrogen) atoms. The van der Waals surface area contributed by atoms with Crippen molar-refractivity contribution < 1.29 is 4.79 Å². The first-order valence-corrected chi connectivity index (χ1v) is 5.75. The topological polar surface area (TPSA) is 55.1 Å². The van der Waals surface area contributed by atoms with E-state index in [1.54, 1.807) is 12.1 Å². The molecule has 94 valence electrons. The maximum atomic E-state index is 11.9. The van der Waals surface area contributed by atoms with Gasteiger partial charge < -0.3 is 11.1 Å². The lowest BCUT2D eigenvalue weighted by Crippen LogP contribution is -2.56. The van der Waals surface area contributed by atoms with Crippen molar-refractivity contribution in [3.05, 3.63) is 28.8 Å². The highest BCUT2D eigenvalue weighted by atomic mass is 35.5. The molecule has 0 saturated heterocycles. The number of hydrogen-bond donors (Lipinski definition) is 2. The van der Waals surface area contributed by atoms with Crippen LogP contribution in [0.2, 0.25) is 5.02 Å². The predicted octanol–water partition coefficient (Wildman–Crippen LogP) is 2.89. The van der Waals surface area contributed by atoms with Gasteiger partial charge in [0.15, 0.2) is 0 Å². The third kappa shape index (κ3) is 2.92. The van der Waals surface area contributed by atoms with E-state index >= 15 is 0 Å². The van der Waals surface area contributed by atoms with Crippen molar-refractivity contribution in [2.24, 2.45) is 5.73 Å². The SMILES string of the molecule is Cc1ccc(Cl)cc1NC(=O)C1(N)CCC1.Cl. The number of amides is 1. The summed E-state index contributed by atoms with van der Waals surface area (Å²) in [5.74, 6) is -0.107. The third-order valence-electron chi connectivity index (χ3n) is 3.15. The first-order chi connectivity index (χ1) is 7.51. The quantitative estimate of drug-likeness (QED) is 0.872. The van der Waals surface area contributed by atoms with Gasteiger partial charge in [0, 0.05) is 10.7 Å². The van der Waals surface area contributed by atoms with Crippen molar-refractivity contribution >= 4 is 35.6 Å². The molecule has 0 atom stereocenters. The van der Waals surface area contributed by atoms with Gasteiger partial charge in [-0.05, 0) is 43.9 Å². The largest absolute Gasteiger partial charge is 0.324 e. The molecule has 3 nitrogen and oxygen atoms in total. The molecule has 5 heteroatoms. The Labute approximate surface area is 112 Å². The molecule has 0 bridgehead atoms. The zero-order chi connectivity index (χ0) is 11.8. The molecule has 0 radical (unpaired) electrons. The number of rotatable bonds is 2. The molecule has 1 amide bonds. The summed E-state index contributed by atoms with van der Waals surface area (Å²) in [5, 5.41) is 3.46. The van der Waals surface area contributed by atoms with Crippen LogP contribution in [0.25, 0.3) is 0 Å². The Morgan fingerprint density at radius 1 is 1.47 bits per heavy atom. The first-order valence-electron chi connectivity index (χ1n) is 5.38. The number of carbonyl (C=O) groups is 1. The summed E-state index contributed by atoms with van der Waals surface area (Å²) >= 11 is 5.88. The summed E-state index contributed by atoms with van der Waals surface area (Å²) in [6.45, 7) is 1.93. The minimum Gasteiger partial charge on any atom is -0.324 e. The van der Waals surface area contributed by atoms with Crippen LogP contribution < -0.4 is 11.1 Å². The van der Waals surface area contributed by atoms with Crippen LogP contribution in [0.4, 0.5) is 5.69 Å². The van der Waals surface area contributed by atoms with Crippen molar-refractivity contribution in [1.29, 1.82) is 0 Å². The van der Waals surface area contributed by atoms with Crippen molar-refractivity contribution in [3.63, 3.8) is 0 Å². The van der Waals surface area contributed by atoms with E-state index in [0.29, 0.717) is 5.02 Å². The van der Waals surface area contributed by atoms with E-state index in [0.717, 1.165) is 30.5 Å². The Morgan fingerprint density at radius 2 is 2.12 bits per heavy atom. The number of nitrogens with one attached hydrogen (secondary N) is 1. The lowest BCUT2D eigenvalue weighted by molar-refractivity contribution is -0.123. The molecule has 2 rings (SSSR count). The van der Waals surface area contributed by atoms with Gasteiger partial charge in [-0.2, -0.15) is 0 Å². The Balaban J connectivity index is 0.00000144. The van der Waals surface area contributed by atoms with Crippen LogP contribution in [0.5, 0.6) is 0 Å². The van der Waals surface area contributed by atoms with Gasteiger partial charge in [-0.3, -0.25) is 4.79 Å². The molecule has 0 spiro atoms. The van der Waals surface area contributed by atoms with E-state index in [4.69, 9.17) is 17.3 Å². The maximum absolute atomic E-state index is 11.9. The van der Waals surface area contributed by atoms with Crippen LogP contribution in [0.3, 0.4) is 0 Å². The maximum Gasteiger partial charge on any atom is 0.244 e. The summed E-state index contributed by atoms with van der Waals surface area (Å²) in [4.78, 5) is 11.9. The van der Waals surface area contributed by atoms with Crippen LogP contribution in [-0.2, 0) is 4.79 Å². The number of halogens is 2. The average Bonchev–Trinajstić information content (AvgIpc) is 2.20. The fourth-order valence-corrected chi connectivity index (χ4v) is 1.93. The smallest absolute Gasteiger partial charge is 0.244 e. The van der Waals surface area contributed by atoms with E-state index in [2.05, 4.69) is 5.32 Å². The summed E-state index contributed by atoms with van der Waals surface area (Å²) in [7, 11) is 0. The molecule has 1 fully saturated rings. The fraction of sp³-hybridized carbons (Fsp3) is 0.417. The van der Waals surface area contributed by atoms with Gasteiger partial charge >= 0.3 is 0 Å². The summed E-state index contributed by atoms with van der Waals surface area (Å²) < 4.78 is 0. The Hall–Kier alpha value is -0.770. The van der Waals surface area contributed by atoms with Crippen molar-refractivity contribution in [2.75, 3.05) is 5.32 Å². The highest BCUT2D eigenvalue weighted by molar-refractivity contribution is 6.31. The lowest BCUT2D eigenvalue weighted by atomic mass is 9.77. The monoisotopic (exact) mass is 274 g/mol. The van der Waals surface area contributed by atoms with Crippen LogP contribution in [0.15, 0.2) is 18.2 Å². The molecule has 1 aromatic rings. The summed E-state index contributed by atoms with van der Waals surface area (Å²) in [6, 6.07) is 5.42. The van der Waals surface area contributed by atoms with Gasteiger partial charge in [-0.1, -0.05) is 17.7 Å². The molecule has 0 aromatic heterocycles. The van der Waals surface area contributed by atoms with E-state index in [-0.39, 0.29) is 18.3 Å². The lowest BCUT2D eigenvalue weighted by Gasteiger charge is -2.36. The van der Waals surface area contributed by atoms with Crippen LogP contribution in [0, 0.1) is 6.92 Å². The van der Waals surface area contributed by atoms with Crippen molar-refractivity contribution in [1.82, 2.24) is 0 Å². The number of benzene rings is 1. The highest BCUT2D eigenvalue weighted by Gasteiger charge is 2.40. The van der Waals surface area contributed by atoms with Gasteiger partial charge in [0.1, 0.15) is 0 Å². The first kappa shape index (κ1) is 14.3. The van der Waals surface area contributed by atoms with E-state index < -0.39 is 5.54 Å². The Kier molecular flexibility index (Phi) is 4.42. The molecule has 0 aliphatic heterocycles. The minimum absolute atomic E-state index is 0. The predicted molar refractivity (Wildman–Crippen MR) is 72.8 cm³/mol. The molecule has 1 saturated carbocycles. The second-order valence-corrected chi connectivity index (χ2v) is 4.86. The van der Waals surface area contributed by atoms with Crippen LogP contribution >= 0.6 is 24.0 Å². The zero-order valence-corrected chi connectivity index (χ0v) is 11.2. The van der Waals surface area contributed by atoms with E-state index in [1.807, 2.05) is 13.0 Å². The van der Waals surface area contributed by atoms with Gasteiger partial charge in [-0.15, -0.1) is 12.4 Å². The van der Waals surface area contributed by atoms with Gasteiger partial charge in [-0.25, -0.2) is 0 Å². The van der Waals surface area contributed by atoms with Gasteiger partial charge in [0.05, 0.1) is 5.54 Å². The third-order valence-corrected chi connectivity index (χ3v) is 3.38. The van der Waals surface area contributed by atoms with Crippen molar-refractivity contribution in [3.8, 4) is 0 Å². The molecule has 0 unspecified atom stereocenters. The number of aryl methyl sites for hydroxylation is 1. The van der Waals surface area contributed by atoms with Gasteiger partial charge in [0.25, 0.3) is 0 Å². The van der Waals surface area contributed by atoms with E-state index in [1.165, 1.54) is 0 Å². The minimum atomic E-state index is -0.672. The van der Waals surface area contributed by atoms with Crippen molar-refractivity contribution in [2.45, 2.75) is 31.7 Å². The standard InChI is InChI=1S/C12H15ClN2O.ClH/c1-8-3-4-9(13)7-10(8)15-11(16)12(14)5-2-6-12;/h3-4,7H,2,5-6,14H2,1H3,(H,15,16);1H. The summed E-state index contributed by atoms with van der Waals surface area (Å²) in [5.41, 5.74) is 7.00. The molecular weight excluding hydrogens is 259 g/mol. The number of hydrogen-bond acceptors (Lipinski definition) is 2. The summed E-state index contributed by atoms with van der Waals surface area (Å²) in [6.07, 6.45) is 2.55. The second kappa shape index (κ2) is 5.25. The molecular formula is C12H16Cl2N2O. The number of nitrogens with two attached hydrogens (primary N) is 1. The fourth-order valence-electron chi connectivity index (χ4n) is 1.76.